The molecule has 1 heterocycles. The summed E-state index contributed by atoms with van der Waals surface area (Å²) in [6.07, 6.45) is 0.938. The summed E-state index contributed by atoms with van der Waals surface area (Å²) < 4.78 is 13.7. The first-order valence-corrected chi connectivity index (χ1v) is 8.89. The van der Waals surface area contributed by atoms with Crippen molar-refractivity contribution < 1.29 is 14.3 Å². The largest absolute Gasteiger partial charge is 0.497 e. The Bertz CT molecular complexity index is 955. The summed E-state index contributed by atoms with van der Waals surface area (Å²) in [5, 5.41) is 0. The van der Waals surface area contributed by atoms with Gasteiger partial charge in [0.25, 0.3) is 5.91 Å². The molecule has 25 heavy (non-hydrogen) atoms. The van der Waals surface area contributed by atoms with E-state index in [1.807, 2.05) is 18.2 Å². The van der Waals surface area contributed by atoms with Gasteiger partial charge < -0.3 is 14.0 Å². The molecule has 0 bridgehead atoms. The van der Waals surface area contributed by atoms with Crippen LogP contribution in [-0.4, -0.2) is 24.7 Å². The van der Waals surface area contributed by atoms with Gasteiger partial charge in [0.2, 0.25) is 0 Å². The first-order valence-electron chi connectivity index (χ1n) is 8.07. The zero-order valence-electron chi connectivity index (χ0n) is 14.5. The summed E-state index contributed by atoms with van der Waals surface area (Å²) in [5.74, 6) is 1.24. The van der Waals surface area contributed by atoms with Crippen LogP contribution in [0.2, 0.25) is 0 Å². The van der Waals surface area contributed by atoms with Crippen LogP contribution in [0.1, 0.15) is 23.7 Å². The molecule has 2 aromatic carbocycles. The van der Waals surface area contributed by atoms with Crippen LogP contribution in [0, 0.1) is 0 Å². The van der Waals surface area contributed by atoms with E-state index in [1.54, 1.807) is 38.5 Å². The van der Waals surface area contributed by atoms with Gasteiger partial charge in [-0.2, -0.15) is 4.99 Å². The second-order valence-electron chi connectivity index (χ2n) is 5.49. The first-order chi connectivity index (χ1) is 12.2. The standard InChI is InChI=1S/C19H20N2O3S/c1-4-12-21-17-15(24-3)6-5-7-16(17)25-19(21)20-18(22)13-8-10-14(23-2)11-9-13/h5-11H,4,12H2,1-3H3. The van der Waals surface area contributed by atoms with Crippen molar-refractivity contribution in [3.8, 4) is 11.5 Å². The predicted molar refractivity (Wildman–Crippen MR) is 99.5 cm³/mol. The van der Waals surface area contributed by atoms with E-state index in [0.717, 1.165) is 28.9 Å². The lowest BCUT2D eigenvalue weighted by molar-refractivity contribution is 0.0997. The number of nitrogens with zero attached hydrogens (tertiary/aromatic N) is 2. The second kappa shape index (κ2) is 7.53. The smallest absolute Gasteiger partial charge is 0.279 e. The second-order valence-corrected chi connectivity index (χ2v) is 6.50. The van der Waals surface area contributed by atoms with Gasteiger partial charge in [-0.1, -0.05) is 24.3 Å². The molecule has 0 fully saturated rings. The summed E-state index contributed by atoms with van der Waals surface area (Å²) in [5.41, 5.74) is 1.52. The lowest BCUT2D eigenvalue weighted by Crippen LogP contribution is -2.17. The molecule has 3 aromatic rings. The maximum Gasteiger partial charge on any atom is 0.279 e. The van der Waals surface area contributed by atoms with E-state index >= 15 is 0 Å². The van der Waals surface area contributed by atoms with Gasteiger partial charge in [-0.15, -0.1) is 0 Å². The van der Waals surface area contributed by atoms with E-state index in [-0.39, 0.29) is 5.91 Å². The maximum absolute atomic E-state index is 12.6. The highest BCUT2D eigenvalue weighted by Crippen LogP contribution is 2.27. The van der Waals surface area contributed by atoms with Gasteiger partial charge in [-0.3, -0.25) is 4.79 Å². The summed E-state index contributed by atoms with van der Waals surface area (Å²) in [6, 6.07) is 12.9. The van der Waals surface area contributed by atoms with Gasteiger partial charge in [0.05, 0.1) is 18.9 Å². The van der Waals surface area contributed by atoms with Crippen LogP contribution in [0.3, 0.4) is 0 Å². The van der Waals surface area contributed by atoms with Crippen LogP contribution in [0.25, 0.3) is 10.2 Å². The molecule has 0 N–H and O–H groups in total. The average molecular weight is 356 g/mol. The molecule has 0 saturated carbocycles. The molecule has 5 nitrogen and oxygen atoms in total. The molecule has 6 heteroatoms. The highest BCUT2D eigenvalue weighted by molar-refractivity contribution is 7.16. The number of methoxy groups -OCH3 is 2. The Morgan fingerprint density at radius 1 is 1.12 bits per heavy atom. The molecule has 3 rings (SSSR count). The molecule has 0 spiro atoms. The molecular weight excluding hydrogens is 336 g/mol. The number of hydrogen-bond acceptors (Lipinski definition) is 4. The van der Waals surface area contributed by atoms with Gasteiger partial charge in [0, 0.05) is 12.1 Å². The molecule has 1 amide bonds. The van der Waals surface area contributed by atoms with Gasteiger partial charge in [0.1, 0.15) is 17.0 Å². The number of amides is 1. The van der Waals surface area contributed by atoms with E-state index in [4.69, 9.17) is 9.47 Å². The van der Waals surface area contributed by atoms with Crippen LogP contribution < -0.4 is 14.3 Å². The fourth-order valence-corrected chi connectivity index (χ4v) is 3.74. The molecule has 0 unspecified atom stereocenters. The summed E-state index contributed by atoms with van der Waals surface area (Å²) in [4.78, 5) is 17.6. The maximum atomic E-state index is 12.6. The number of carbonyl (C=O) groups excluding carboxylic acids is 1. The van der Waals surface area contributed by atoms with Crippen molar-refractivity contribution in [1.29, 1.82) is 0 Å². The monoisotopic (exact) mass is 356 g/mol. The number of aryl methyl sites for hydroxylation is 1. The molecule has 0 atom stereocenters. The molecule has 0 aliphatic carbocycles. The topological polar surface area (TPSA) is 52.8 Å². The van der Waals surface area contributed by atoms with Crippen molar-refractivity contribution in [2.45, 2.75) is 19.9 Å². The third-order valence-corrected chi connectivity index (χ3v) is 4.91. The van der Waals surface area contributed by atoms with E-state index in [9.17, 15) is 4.79 Å². The summed E-state index contributed by atoms with van der Waals surface area (Å²) in [7, 11) is 3.25. The molecule has 0 saturated heterocycles. The Kier molecular flexibility index (Phi) is 5.19. The highest BCUT2D eigenvalue weighted by atomic mass is 32.1. The van der Waals surface area contributed by atoms with Crippen molar-refractivity contribution in [3.63, 3.8) is 0 Å². The number of ether oxygens (including phenoxy) is 2. The van der Waals surface area contributed by atoms with Crippen LogP contribution in [0.5, 0.6) is 11.5 Å². The predicted octanol–water partition coefficient (Wildman–Crippen LogP) is 3.87. The normalized spacial score (nSPS) is 11.7. The Morgan fingerprint density at radius 3 is 2.52 bits per heavy atom. The first kappa shape index (κ1) is 17.2. The van der Waals surface area contributed by atoms with Gasteiger partial charge in [0.15, 0.2) is 4.80 Å². The van der Waals surface area contributed by atoms with Gasteiger partial charge in [-0.25, -0.2) is 0 Å². The zero-order chi connectivity index (χ0) is 17.8. The fraction of sp³-hybridized carbons (Fsp3) is 0.263. The van der Waals surface area contributed by atoms with Gasteiger partial charge >= 0.3 is 0 Å². The Balaban J connectivity index is 2.11. The van der Waals surface area contributed by atoms with Crippen LogP contribution in [0.15, 0.2) is 47.5 Å². The molecule has 0 aliphatic rings. The summed E-state index contributed by atoms with van der Waals surface area (Å²) in [6.45, 7) is 2.87. The molecular formula is C19H20N2O3S. The quantitative estimate of drug-likeness (QED) is 0.697. The number of thiazole rings is 1. The molecule has 0 aliphatic heterocycles. The van der Waals surface area contributed by atoms with Crippen LogP contribution >= 0.6 is 11.3 Å². The Morgan fingerprint density at radius 2 is 1.88 bits per heavy atom. The molecule has 130 valence electrons. The number of fused-ring (bicyclic) bond motifs is 1. The van der Waals surface area contributed by atoms with E-state index in [0.29, 0.717) is 16.1 Å². The van der Waals surface area contributed by atoms with Crippen molar-refractivity contribution >= 4 is 27.5 Å². The van der Waals surface area contributed by atoms with Crippen molar-refractivity contribution in [1.82, 2.24) is 4.57 Å². The van der Waals surface area contributed by atoms with Crippen LogP contribution in [-0.2, 0) is 6.54 Å². The number of para-hydroxylation sites is 1. The van der Waals surface area contributed by atoms with Crippen LogP contribution in [0.4, 0.5) is 0 Å². The number of rotatable bonds is 5. The SMILES string of the molecule is CCCn1c(=NC(=O)c2ccc(OC)cc2)sc2cccc(OC)c21. The Hall–Kier alpha value is -2.60. The van der Waals surface area contributed by atoms with Crippen molar-refractivity contribution in [3.05, 3.63) is 52.8 Å². The Labute approximate surface area is 150 Å². The lowest BCUT2D eigenvalue weighted by Gasteiger charge is -2.07. The molecule has 0 radical (unpaired) electrons. The number of benzene rings is 2. The lowest BCUT2D eigenvalue weighted by atomic mass is 10.2. The number of hydrogen-bond donors (Lipinski definition) is 0. The fourth-order valence-electron chi connectivity index (χ4n) is 2.66. The highest BCUT2D eigenvalue weighted by Gasteiger charge is 2.12. The minimum atomic E-state index is -0.266. The third kappa shape index (κ3) is 3.44. The zero-order valence-corrected chi connectivity index (χ0v) is 15.3. The summed E-state index contributed by atoms with van der Waals surface area (Å²) >= 11 is 1.49. The van der Waals surface area contributed by atoms with E-state index in [2.05, 4.69) is 16.5 Å². The van der Waals surface area contributed by atoms with E-state index < -0.39 is 0 Å². The average Bonchev–Trinajstić information content (AvgIpc) is 2.99. The minimum absolute atomic E-state index is 0.266. The minimum Gasteiger partial charge on any atom is -0.497 e. The van der Waals surface area contributed by atoms with E-state index in [1.165, 1.54) is 11.3 Å². The third-order valence-electron chi connectivity index (χ3n) is 3.87. The van der Waals surface area contributed by atoms with Crippen molar-refractivity contribution in [2.75, 3.05) is 14.2 Å². The number of carbonyl (C=O) groups is 1. The van der Waals surface area contributed by atoms with Crippen molar-refractivity contribution in [2.24, 2.45) is 4.99 Å². The van der Waals surface area contributed by atoms with Gasteiger partial charge in [-0.05, 0) is 42.8 Å². The molecule has 1 aromatic heterocycles. The number of aromatic nitrogens is 1.